The van der Waals surface area contributed by atoms with E-state index < -0.39 is 17.8 Å². The monoisotopic (exact) mass is 283 g/mol. The second-order valence-electron chi connectivity index (χ2n) is 3.35. The molecule has 7 heteroatoms. The third-order valence-electron chi connectivity index (χ3n) is 2.02. The molecule has 0 unspecified atom stereocenters. The predicted molar refractivity (Wildman–Crippen MR) is 68.2 cm³/mol. The number of methoxy groups -OCH3 is 1. The van der Waals surface area contributed by atoms with E-state index in [1.165, 1.54) is 25.3 Å². The van der Waals surface area contributed by atoms with E-state index in [1.807, 2.05) is 0 Å². The Morgan fingerprint density at radius 3 is 2.58 bits per heavy atom. The van der Waals surface area contributed by atoms with Crippen LogP contribution in [0.25, 0.3) is 0 Å². The minimum absolute atomic E-state index is 0.101. The molecule has 1 rings (SSSR count). The Morgan fingerprint density at radius 1 is 1.32 bits per heavy atom. The first kappa shape index (κ1) is 14.7. The fourth-order valence-electron chi connectivity index (χ4n) is 1.20. The second-order valence-corrected chi connectivity index (χ2v) is 3.75. The van der Waals surface area contributed by atoms with Gasteiger partial charge in [-0.2, -0.15) is 0 Å². The Hall–Kier alpha value is -2.34. The predicted octanol–water partition coefficient (Wildman–Crippen LogP) is 1.71. The van der Waals surface area contributed by atoms with Crippen LogP contribution in [0.1, 0.15) is 10.4 Å². The lowest BCUT2D eigenvalue weighted by Crippen LogP contribution is -2.10. The van der Waals surface area contributed by atoms with Gasteiger partial charge in [0.2, 0.25) is 5.91 Å². The third-order valence-corrected chi connectivity index (χ3v) is 2.35. The summed E-state index contributed by atoms with van der Waals surface area (Å²) in [4.78, 5) is 33.0. The van der Waals surface area contributed by atoms with Crippen LogP contribution in [0.5, 0.6) is 0 Å². The maximum atomic E-state index is 11.4. The molecule has 0 radical (unpaired) electrons. The summed E-state index contributed by atoms with van der Waals surface area (Å²) in [5, 5.41) is 10.9. The first-order chi connectivity index (χ1) is 8.93. The molecule has 6 nitrogen and oxygen atoms in total. The highest BCUT2D eigenvalue weighted by molar-refractivity contribution is 6.33. The highest BCUT2D eigenvalue weighted by atomic mass is 35.5. The molecule has 100 valence electrons. The summed E-state index contributed by atoms with van der Waals surface area (Å²) in [5.74, 6) is -2.51. The number of carboxylic acids is 1. The zero-order valence-corrected chi connectivity index (χ0v) is 10.6. The summed E-state index contributed by atoms with van der Waals surface area (Å²) in [5.41, 5.74) is 0.397. The number of carbonyl (C=O) groups is 3. The summed E-state index contributed by atoms with van der Waals surface area (Å²) in [6.07, 6.45) is 1.56. The fraction of sp³-hybridized carbons (Fsp3) is 0.0833. The van der Waals surface area contributed by atoms with Gasteiger partial charge in [0.25, 0.3) is 0 Å². The van der Waals surface area contributed by atoms with Crippen LogP contribution in [0.2, 0.25) is 5.02 Å². The normalized spacial score (nSPS) is 10.2. The minimum Gasteiger partial charge on any atom is -0.478 e. The van der Waals surface area contributed by atoms with Crippen LogP contribution in [0.15, 0.2) is 30.4 Å². The molecule has 0 heterocycles. The van der Waals surface area contributed by atoms with Gasteiger partial charge in [-0.1, -0.05) is 11.6 Å². The highest BCUT2D eigenvalue weighted by Crippen LogP contribution is 2.21. The summed E-state index contributed by atoms with van der Waals surface area (Å²) >= 11 is 5.80. The van der Waals surface area contributed by atoms with Crippen molar-refractivity contribution in [3.63, 3.8) is 0 Å². The number of esters is 1. The molecule has 0 atom stereocenters. The van der Waals surface area contributed by atoms with Gasteiger partial charge in [0.1, 0.15) is 0 Å². The quantitative estimate of drug-likeness (QED) is 0.648. The van der Waals surface area contributed by atoms with Crippen molar-refractivity contribution in [3.05, 3.63) is 40.9 Å². The minimum atomic E-state index is -1.23. The number of carboxylic acid groups (broad SMARTS) is 1. The highest BCUT2D eigenvalue weighted by Gasteiger charge is 2.11. The van der Waals surface area contributed by atoms with Crippen molar-refractivity contribution in [1.82, 2.24) is 0 Å². The average molecular weight is 284 g/mol. The van der Waals surface area contributed by atoms with E-state index in [4.69, 9.17) is 16.7 Å². The van der Waals surface area contributed by atoms with Crippen molar-refractivity contribution in [2.45, 2.75) is 0 Å². The van der Waals surface area contributed by atoms with Crippen molar-refractivity contribution in [2.24, 2.45) is 0 Å². The molecule has 0 aromatic heterocycles. The van der Waals surface area contributed by atoms with Crippen molar-refractivity contribution in [3.8, 4) is 0 Å². The first-order valence-corrected chi connectivity index (χ1v) is 5.41. The zero-order valence-electron chi connectivity index (χ0n) is 9.84. The lowest BCUT2D eigenvalue weighted by Gasteiger charge is -2.06. The number of ether oxygens (including phenoxy) is 1. The molecular weight excluding hydrogens is 274 g/mol. The van der Waals surface area contributed by atoms with Crippen molar-refractivity contribution >= 4 is 35.1 Å². The summed E-state index contributed by atoms with van der Waals surface area (Å²) in [7, 11) is 1.21. The van der Waals surface area contributed by atoms with Crippen molar-refractivity contribution in [1.29, 1.82) is 0 Å². The molecule has 0 aliphatic heterocycles. The van der Waals surface area contributed by atoms with Crippen molar-refractivity contribution in [2.75, 3.05) is 12.4 Å². The number of hydrogen-bond donors (Lipinski definition) is 2. The summed E-state index contributed by atoms with van der Waals surface area (Å²) in [6, 6.07) is 4.23. The molecule has 0 saturated heterocycles. The maximum absolute atomic E-state index is 11.4. The van der Waals surface area contributed by atoms with E-state index >= 15 is 0 Å². The Morgan fingerprint density at radius 2 is 2.00 bits per heavy atom. The molecule has 0 aliphatic rings. The Kier molecular flexibility index (Phi) is 5.08. The number of carbonyl (C=O) groups excluding carboxylic acids is 2. The molecule has 0 bridgehead atoms. The van der Waals surface area contributed by atoms with Crippen LogP contribution in [0.3, 0.4) is 0 Å². The first-order valence-electron chi connectivity index (χ1n) is 5.04. The van der Waals surface area contributed by atoms with Gasteiger partial charge in [-0.15, -0.1) is 0 Å². The Balaban J connectivity index is 2.88. The van der Waals surface area contributed by atoms with Gasteiger partial charge in [-0.05, 0) is 18.2 Å². The second kappa shape index (κ2) is 6.55. The van der Waals surface area contributed by atoms with E-state index in [0.717, 1.165) is 6.08 Å². The van der Waals surface area contributed by atoms with Gasteiger partial charge in [-0.25, -0.2) is 9.59 Å². The average Bonchev–Trinajstić information content (AvgIpc) is 2.37. The number of anilines is 1. The van der Waals surface area contributed by atoms with Crippen LogP contribution < -0.4 is 5.32 Å². The smallest absolute Gasteiger partial charge is 0.339 e. The van der Waals surface area contributed by atoms with E-state index in [9.17, 15) is 14.4 Å². The summed E-state index contributed by atoms with van der Waals surface area (Å²) < 4.78 is 4.53. The number of aliphatic carboxylic acids is 1. The summed E-state index contributed by atoms with van der Waals surface area (Å²) in [6.45, 7) is 0. The number of halogens is 1. The van der Waals surface area contributed by atoms with E-state index in [2.05, 4.69) is 10.1 Å². The zero-order chi connectivity index (χ0) is 14.4. The van der Waals surface area contributed by atoms with Gasteiger partial charge in [0.05, 0.1) is 17.7 Å². The molecule has 1 aromatic rings. The third kappa shape index (κ3) is 4.44. The van der Waals surface area contributed by atoms with Gasteiger partial charge in [0.15, 0.2) is 0 Å². The van der Waals surface area contributed by atoms with Gasteiger partial charge in [0, 0.05) is 17.8 Å². The number of nitrogens with one attached hydrogen (secondary N) is 1. The molecule has 0 fully saturated rings. The van der Waals surface area contributed by atoms with Crippen LogP contribution >= 0.6 is 11.6 Å². The van der Waals surface area contributed by atoms with Gasteiger partial charge in [-0.3, -0.25) is 4.79 Å². The Labute approximate surface area is 113 Å². The molecule has 1 aromatic carbocycles. The molecule has 0 aliphatic carbocycles. The number of amides is 1. The number of rotatable bonds is 4. The largest absolute Gasteiger partial charge is 0.478 e. The molecule has 19 heavy (non-hydrogen) atoms. The lowest BCUT2D eigenvalue weighted by molar-refractivity contribution is -0.131. The SMILES string of the molecule is COC(=O)c1cc(NC(=O)C=CC(=O)O)ccc1Cl. The lowest BCUT2D eigenvalue weighted by atomic mass is 10.2. The number of benzene rings is 1. The van der Waals surface area contributed by atoms with Crippen molar-refractivity contribution < 1.29 is 24.2 Å². The molecule has 0 spiro atoms. The van der Waals surface area contributed by atoms with Gasteiger partial charge < -0.3 is 15.2 Å². The molecule has 2 N–H and O–H groups in total. The van der Waals surface area contributed by atoms with E-state index in [0.29, 0.717) is 11.8 Å². The van der Waals surface area contributed by atoms with E-state index in [1.54, 1.807) is 0 Å². The Bertz CT molecular complexity index is 553. The van der Waals surface area contributed by atoms with Crippen LogP contribution in [0.4, 0.5) is 5.69 Å². The topological polar surface area (TPSA) is 92.7 Å². The van der Waals surface area contributed by atoms with E-state index in [-0.39, 0.29) is 10.6 Å². The molecule has 0 saturated carbocycles. The fourth-order valence-corrected chi connectivity index (χ4v) is 1.40. The standard InChI is InChI=1S/C12H10ClNO5/c1-19-12(18)8-6-7(2-3-9(8)13)14-10(15)4-5-11(16)17/h2-6H,1H3,(H,14,15)(H,16,17). The molecular formula is C12H10ClNO5. The number of hydrogen-bond acceptors (Lipinski definition) is 4. The van der Waals surface area contributed by atoms with Crippen LogP contribution in [-0.4, -0.2) is 30.1 Å². The van der Waals surface area contributed by atoms with Crippen LogP contribution in [-0.2, 0) is 14.3 Å². The van der Waals surface area contributed by atoms with Crippen LogP contribution in [0, 0.1) is 0 Å². The van der Waals surface area contributed by atoms with Gasteiger partial charge >= 0.3 is 11.9 Å². The maximum Gasteiger partial charge on any atom is 0.339 e. The molecule has 1 amide bonds.